The number of carbonyl (C=O) groups is 2. The van der Waals surface area contributed by atoms with Crippen molar-refractivity contribution >= 4 is 33.5 Å². The highest BCUT2D eigenvalue weighted by molar-refractivity contribution is 9.10. The van der Waals surface area contributed by atoms with E-state index in [0.29, 0.717) is 17.2 Å². The summed E-state index contributed by atoms with van der Waals surface area (Å²) in [5, 5.41) is 12.7. The zero-order chi connectivity index (χ0) is 20.8. The molecule has 0 unspecified atom stereocenters. The third kappa shape index (κ3) is 5.58. The molecule has 0 aliphatic rings. The molecule has 1 amide bonds. The number of rotatable bonds is 6. The summed E-state index contributed by atoms with van der Waals surface area (Å²) >= 11 is 3.40. The minimum Gasteiger partial charge on any atom is -0.507 e. The maximum Gasteiger partial charge on any atom is 0.347 e. The van der Waals surface area contributed by atoms with Gasteiger partial charge in [0.1, 0.15) is 22.8 Å². The van der Waals surface area contributed by atoms with Gasteiger partial charge in [-0.05, 0) is 55.0 Å². The van der Waals surface area contributed by atoms with Gasteiger partial charge in [0.15, 0.2) is 6.61 Å². The SMILES string of the molecule is Cc1cc(OCC(=O)Nc2ccc(C(=O)Oc3ccccc3)c(O)c2)ccc1Br. The number of hydrogen-bond donors (Lipinski definition) is 2. The molecule has 6 nitrogen and oxygen atoms in total. The summed E-state index contributed by atoms with van der Waals surface area (Å²) in [4.78, 5) is 24.3. The number of aryl methyl sites for hydroxylation is 1. The Labute approximate surface area is 176 Å². The molecule has 0 aliphatic carbocycles. The predicted molar refractivity (Wildman–Crippen MR) is 113 cm³/mol. The number of para-hydroxylation sites is 1. The molecular weight excluding hydrogens is 438 g/mol. The third-order valence-corrected chi connectivity index (χ3v) is 4.84. The molecule has 0 saturated carbocycles. The van der Waals surface area contributed by atoms with E-state index in [4.69, 9.17) is 9.47 Å². The average molecular weight is 456 g/mol. The molecular formula is C22H18BrNO5. The first kappa shape index (κ1) is 20.4. The molecule has 0 atom stereocenters. The number of phenols is 1. The number of nitrogens with one attached hydrogen (secondary N) is 1. The zero-order valence-electron chi connectivity index (χ0n) is 15.5. The van der Waals surface area contributed by atoms with Crippen LogP contribution >= 0.6 is 15.9 Å². The van der Waals surface area contributed by atoms with E-state index in [1.807, 2.05) is 19.1 Å². The quantitative estimate of drug-likeness (QED) is 0.415. The summed E-state index contributed by atoms with van der Waals surface area (Å²) in [6, 6.07) is 18.1. The van der Waals surface area contributed by atoms with Crippen molar-refractivity contribution in [3.05, 3.63) is 82.3 Å². The maximum absolute atomic E-state index is 12.2. The molecule has 0 heterocycles. The number of esters is 1. The Bertz CT molecular complexity index is 1040. The van der Waals surface area contributed by atoms with Crippen molar-refractivity contribution in [2.24, 2.45) is 0 Å². The van der Waals surface area contributed by atoms with E-state index in [9.17, 15) is 14.7 Å². The Hall–Kier alpha value is -3.32. The van der Waals surface area contributed by atoms with Gasteiger partial charge in [-0.1, -0.05) is 34.1 Å². The number of halogens is 1. The Morgan fingerprint density at radius 2 is 1.76 bits per heavy atom. The number of aromatic hydroxyl groups is 1. The molecule has 148 valence electrons. The van der Waals surface area contributed by atoms with Crippen LogP contribution < -0.4 is 14.8 Å². The molecule has 0 aliphatic heterocycles. The fourth-order valence-electron chi connectivity index (χ4n) is 2.49. The van der Waals surface area contributed by atoms with E-state index in [1.54, 1.807) is 36.4 Å². The van der Waals surface area contributed by atoms with Crippen LogP contribution in [-0.2, 0) is 4.79 Å². The first-order valence-electron chi connectivity index (χ1n) is 8.71. The summed E-state index contributed by atoms with van der Waals surface area (Å²) in [6.07, 6.45) is 0. The first-order valence-corrected chi connectivity index (χ1v) is 9.51. The molecule has 0 spiro atoms. The van der Waals surface area contributed by atoms with Gasteiger partial charge in [-0.25, -0.2) is 4.79 Å². The summed E-state index contributed by atoms with van der Waals surface area (Å²) in [5.74, 6) is -0.449. The van der Waals surface area contributed by atoms with Gasteiger partial charge < -0.3 is 19.9 Å². The summed E-state index contributed by atoms with van der Waals surface area (Å²) in [5.41, 5.74) is 1.32. The highest BCUT2D eigenvalue weighted by Crippen LogP contribution is 2.24. The van der Waals surface area contributed by atoms with Crippen LogP contribution in [0, 0.1) is 6.92 Å². The largest absolute Gasteiger partial charge is 0.507 e. The molecule has 0 fully saturated rings. The van der Waals surface area contributed by atoms with Gasteiger partial charge in [0.05, 0.1) is 0 Å². The lowest BCUT2D eigenvalue weighted by atomic mass is 10.2. The Kier molecular flexibility index (Phi) is 6.51. The van der Waals surface area contributed by atoms with Gasteiger partial charge in [0, 0.05) is 16.2 Å². The second-order valence-corrected chi connectivity index (χ2v) is 7.04. The van der Waals surface area contributed by atoms with E-state index in [2.05, 4.69) is 21.2 Å². The molecule has 3 aromatic rings. The van der Waals surface area contributed by atoms with Crippen LogP contribution in [-0.4, -0.2) is 23.6 Å². The number of amides is 1. The van der Waals surface area contributed by atoms with Crippen LogP contribution in [0.15, 0.2) is 71.2 Å². The van der Waals surface area contributed by atoms with Gasteiger partial charge in [-0.2, -0.15) is 0 Å². The van der Waals surface area contributed by atoms with E-state index < -0.39 is 11.9 Å². The first-order chi connectivity index (χ1) is 13.9. The van der Waals surface area contributed by atoms with Crippen LogP contribution in [0.2, 0.25) is 0 Å². The topological polar surface area (TPSA) is 84.9 Å². The Balaban J connectivity index is 1.58. The lowest BCUT2D eigenvalue weighted by Gasteiger charge is -2.10. The number of carbonyl (C=O) groups excluding carboxylic acids is 2. The van der Waals surface area contributed by atoms with E-state index in [0.717, 1.165) is 10.0 Å². The smallest absolute Gasteiger partial charge is 0.347 e. The number of anilines is 1. The Morgan fingerprint density at radius 3 is 2.45 bits per heavy atom. The minimum atomic E-state index is -0.694. The lowest BCUT2D eigenvalue weighted by Crippen LogP contribution is -2.20. The van der Waals surface area contributed by atoms with Crippen LogP contribution in [0.25, 0.3) is 0 Å². The van der Waals surface area contributed by atoms with Gasteiger partial charge in [0.25, 0.3) is 5.91 Å². The van der Waals surface area contributed by atoms with Crippen molar-refractivity contribution in [3.8, 4) is 17.2 Å². The molecule has 29 heavy (non-hydrogen) atoms. The van der Waals surface area contributed by atoms with Crippen molar-refractivity contribution < 1.29 is 24.2 Å². The average Bonchev–Trinajstić information content (AvgIpc) is 2.69. The van der Waals surface area contributed by atoms with Crippen LogP contribution in [0.5, 0.6) is 17.2 Å². The minimum absolute atomic E-state index is 0.00607. The fourth-order valence-corrected chi connectivity index (χ4v) is 2.73. The highest BCUT2D eigenvalue weighted by Gasteiger charge is 2.15. The molecule has 2 N–H and O–H groups in total. The van der Waals surface area contributed by atoms with Crippen molar-refractivity contribution in [2.45, 2.75) is 6.92 Å². The van der Waals surface area contributed by atoms with Crippen molar-refractivity contribution in [1.82, 2.24) is 0 Å². The molecule has 0 radical (unpaired) electrons. The number of hydrogen-bond acceptors (Lipinski definition) is 5. The van der Waals surface area contributed by atoms with E-state index in [1.165, 1.54) is 18.2 Å². The Morgan fingerprint density at radius 1 is 1.00 bits per heavy atom. The van der Waals surface area contributed by atoms with Gasteiger partial charge in [-0.3, -0.25) is 4.79 Å². The lowest BCUT2D eigenvalue weighted by molar-refractivity contribution is -0.118. The fraction of sp³-hybridized carbons (Fsp3) is 0.0909. The van der Waals surface area contributed by atoms with Crippen LogP contribution in [0.4, 0.5) is 5.69 Å². The number of ether oxygens (including phenoxy) is 2. The zero-order valence-corrected chi connectivity index (χ0v) is 17.1. The monoisotopic (exact) mass is 455 g/mol. The second-order valence-electron chi connectivity index (χ2n) is 6.18. The molecule has 0 saturated heterocycles. The molecule has 3 rings (SSSR count). The van der Waals surface area contributed by atoms with Gasteiger partial charge >= 0.3 is 5.97 Å². The van der Waals surface area contributed by atoms with Crippen molar-refractivity contribution in [3.63, 3.8) is 0 Å². The van der Waals surface area contributed by atoms with Gasteiger partial charge in [-0.15, -0.1) is 0 Å². The summed E-state index contributed by atoms with van der Waals surface area (Å²) in [7, 11) is 0. The van der Waals surface area contributed by atoms with Crippen LogP contribution in [0.1, 0.15) is 15.9 Å². The van der Waals surface area contributed by atoms with E-state index >= 15 is 0 Å². The molecule has 0 aromatic heterocycles. The standard InChI is InChI=1S/C22H18BrNO5/c1-14-11-17(8-10-19(14)23)28-13-21(26)24-15-7-9-18(20(25)12-15)22(27)29-16-5-3-2-4-6-16/h2-12,25H,13H2,1H3,(H,24,26). The summed E-state index contributed by atoms with van der Waals surface area (Å²) in [6.45, 7) is 1.73. The summed E-state index contributed by atoms with van der Waals surface area (Å²) < 4.78 is 11.6. The second kappa shape index (κ2) is 9.25. The number of phenolic OH excluding ortho intramolecular Hbond substituents is 1. The molecule has 7 heteroatoms. The molecule has 0 bridgehead atoms. The van der Waals surface area contributed by atoms with E-state index in [-0.39, 0.29) is 17.9 Å². The number of benzene rings is 3. The normalized spacial score (nSPS) is 10.3. The third-order valence-electron chi connectivity index (χ3n) is 3.95. The van der Waals surface area contributed by atoms with Crippen LogP contribution in [0.3, 0.4) is 0 Å². The highest BCUT2D eigenvalue weighted by atomic mass is 79.9. The predicted octanol–water partition coefficient (Wildman–Crippen LogP) is 4.70. The molecule has 3 aromatic carbocycles. The maximum atomic E-state index is 12.2. The van der Waals surface area contributed by atoms with Crippen molar-refractivity contribution in [1.29, 1.82) is 0 Å². The van der Waals surface area contributed by atoms with Crippen molar-refractivity contribution in [2.75, 3.05) is 11.9 Å². The van der Waals surface area contributed by atoms with Gasteiger partial charge in [0.2, 0.25) is 0 Å².